The Morgan fingerprint density at radius 2 is 1.75 bits per heavy atom. The Morgan fingerprint density at radius 1 is 1.03 bits per heavy atom. The van der Waals surface area contributed by atoms with Crippen molar-refractivity contribution in [3.63, 3.8) is 0 Å². The maximum atomic E-state index is 14.7. The van der Waals surface area contributed by atoms with E-state index in [4.69, 9.17) is 11.6 Å². The van der Waals surface area contributed by atoms with E-state index in [1.807, 2.05) is 0 Å². The number of halogens is 3. The van der Waals surface area contributed by atoms with Crippen LogP contribution in [0.4, 0.5) is 14.5 Å². The normalized spacial score (nSPS) is 15.4. The minimum atomic E-state index is -3.74. The summed E-state index contributed by atoms with van der Waals surface area (Å²) < 4.78 is 55.9. The third-order valence-corrected chi connectivity index (χ3v) is 6.93. The Hall–Kier alpha value is -2.81. The highest BCUT2D eigenvalue weighted by molar-refractivity contribution is 7.88. The van der Waals surface area contributed by atoms with Gasteiger partial charge in [-0.2, -0.15) is 0 Å². The maximum absolute atomic E-state index is 14.7. The maximum Gasteiger partial charge on any atom is 0.255 e. The molecule has 3 aromatic rings. The number of rotatable bonds is 6. The quantitative estimate of drug-likeness (QED) is 0.527. The van der Waals surface area contributed by atoms with Crippen LogP contribution >= 0.6 is 11.6 Å². The van der Waals surface area contributed by atoms with Crippen molar-refractivity contribution < 1.29 is 22.0 Å². The van der Waals surface area contributed by atoms with Gasteiger partial charge in [-0.05, 0) is 54.3 Å². The Bertz CT molecular complexity index is 1280. The van der Waals surface area contributed by atoms with Crippen LogP contribution in [0.2, 0.25) is 5.02 Å². The summed E-state index contributed by atoms with van der Waals surface area (Å²) in [6, 6.07) is 14.2. The minimum Gasteiger partial charge on any atom is -0.322 e. The average Bonchev–Trinajstić information content (AvgIpc) is 3.15. The lowest BCUT2D eigenvalue weighted by Gasteiger charge is -2.16. The molecule has 166 valence electrons. The number of amides is 1. The molecule has 0 heterocycles. The Morgan fingerprint density at radius 3 is 2.47 bits per heavy atom. The highest BCUT2D eigenvalue weighted by Crippen LogP contribution is 2.36. The summed E-state index contributed by atoms with van der Waals surface area (Å²) in [5.74, 6) is -1.94. The molecule has 0 aliphatic heterocycles. The molecule has 1 atom stereocenters. The fourth-order valence-corrected chi connectivity index (χ4v) is 5.43. The van der Waals surface area contributed by atoms with Gasteiger partial charge in [0.25, 0.3) is 5.91 Å². The lowest BCUT2D eigenvalue weighted by Crippen LogP contribution is -2.29. The average molecular weight is 477 g/mol. The smallest absolute Gasteiger partial charge is 0.255 e. The summed E-state index contributed by atoms with van der Waals surface area (Å²) in [4.78, 5) is 12.8. The molecule has 2 N–H and O–H groups in total. The van der Waals surface area contributed by atoms with Gasteiger partial charge in [0.05, 0.1) is 16.8 Å². The number of sulfonamides is 1. The van der Waals surface area contributed by atoms with Crippen molar-refractivity contribution in [1.29, 1.82) is 0 Å². The topological polar surface area (TPSA) is 75.3 Å². The van der Waals surface area contributed by atoms with E-state index in [0.29, 0.717) is 24.0 Å². The van der Waals surface area contributed by atoms with Crippen LogP contribution in [0.15, 0.2) is 60.7 Å². The van der Waals surface area contributed by atoms with Crippen molar-refractivity contribution >= 4 is 33.2 Å². The SMILES string of the molecule is O=C(Nc1ccc(F)c(Cl)c1)c1ccc(F)c2c1CC[C@@H]2NS(=O)(=O)Cc1ccccc1. The molecule has 1 aliphatic rings. The van der Waals surface area contributed by atoms with E-state index in [9.17, 15) is 22.0 Å². The van der Waals surface area contributed by atoms with Crippen LogP contribution in [0.1, 0.15) is 39.5 Å². The summed E-state index contributed by atoms with van der Waals surface area (Å²) in [5, 5.41) is 2.48. The van der Waals surface area contributed by atoms with Gasteiger partial charge in [-0.15, -0.1) is 0 Å². The van der Waals surface area contributed by atoms with Crippen LogP contribution < -0.4 is 10.0 Å². The molecule has 0 saturated carbocycles. The van der Waals surface area contributed by atoms with E-state index in [2.05, 4.69) is 10.0 Å². The predicted molar refractivity (Wildman–Crippen MR) is 119 cm³/mol. The number of carbonyl (C=O) groups excluding carboxylic acids is 1. The van der Waals surface area contributed by atoms with E-state index < -0.39 is 33.6 Å². The van der Waals surface area contributed by atoms with Gasteiger partial charge in [0.2, 0.25) is 10.0 Å². The van der Waals surface area contributed by atoms with Gasteiger partial charge in [-0.3, -0.25) is 4.79 Å². The molecule has 0 bridgehead atoms. The molecule has 0 radical (unpaired) electrons. The summed E-state index contributed by atoms with van der Waals surface area (Å²) >= 11 is 5.76. The van der Waals surface area contributed by atoms with E-state index >= 15 is 0 Å². The number of carbonyl (C=O) groups is 1. The van der Waals surface area contributed by atoms with Gasteiger partial charge in [0.15, 0.2) is 0 Å². The summed E-state index contributed by atoms with van der Waals surface area (Å²) in [5.41, 5.74) is 1.75. The number of hydrogen-bond acceptors (Lipinski definition) is 3. The van der Waals surface area contributed by atoms with E-state index in [0.717, 1.165) is 12.1 Å². The van der Waals surface area contributed by atoms with E-state index in [-0.39, 0.29) is 27.6 Å². The molecular formula is C23H19ClF2N2O3S. The second kappa shape index (κ2) is 8.97. The van der Waals surface area contributed by atoms with Crippen LogP contribution in [-0.2, 0) is 22.2 Å². The molecule has 3 aromatic carbocycles. The van der Waals surface area contributed by atoms with Crippen LogP contribution in [0.5, 0.6) is 0 Å². The molecule has 0 unspecified atom stereocenters. The number of fused-ring (bicyclic) bond motifs is 1. The second-order valence-corrected chi connectivity index (χ2v) is 9.69. The monoisotopic (exact) mass is 476 g/mol. The summed E-state index contributed by atoms with van der Waals surface area (Å²) in [7, 11) is -3.74. The summed E-state index contributed by atoms with van der Waals surface area (Å²) in [6.45, 7) is 0. The van der Waals surface area contributed by atoms with Crippen molar-refractivity contribution in [2.75, 3.05) is 5.32 Å². The summed E-state index contributed by atoms with van der Waals surface area (Å²) in [6.07, 6.45) is 0.658. The fraction of sp³-hybridized carbons (Fsp3) is 0.174. The first-order chi connectivity index (χ1) is 15.2. The number of anilines is 1. The van der Waals surface area contributed by atoms with Crippen molar-refractivity contribution in [1.82, 2.24) is 4.72 Å². The first-order valence-corrected chi connectivity index (χ1v) is 11.9. The van der Waals surface area contributed by atoms with Gasteiger partial charge in [0, 0.05) is 16.8 Å². The number of benzene rings is 3. The number of nitrogens with one attached hydrogen (secondary N) is 2. The molecule has 32 heavy (non-hydrogen) atoms. The Balaban J connectivity index is 1.57. The highest BCUT2D eigenvalue weighted by atomic mass is 35.5. The molecule has 0 aromatic heterocycles. The molecule has 4 rings (SSSR count). The van der Waals surface area contributed by atoms with Crippen LogP contribution in [0.25, 0.3) is 0 Å². The minimum absolute atomic E-state index is 0.139. The van der Waals surface area contributed by atoms with Gasteiger partial charge in [0.1, 0.15) is 11.6 Å². The zero-order chi connectivity index (χ0) is 22.9. The third-order valence-electron chi connectivity index (χ3n) is 5.28. The van der Waals surface area contributed by atoms with Crippen molar-refractivity contribution in [3.8, 4) is 0 Å². The van der Waals surface area contributed by atoms with Crippen LogP contribution in [-0.4, -0.2) is 14.3 Å². The molecule has 9 heteroatoms. The van der Waals surface area contributed by atoms with Gasteiger partial charge < -0.3 is 5.32 Å². The van der Waals surface area contributed by atoms with Crippen LogP contribution in [0.3, 0.4) is 0 Å². The molecule has 0 saturated heterocycles. The zero-order valence-corrected chi connectivity index (χ0v) is 18.3. The molecule has 1 amide bonds. The van der Waals surface area contributed by atoms with E-state index in [1.54, 1.807) is 30.3 Å². The van der Waals surface area contributed by atoms with Crippen molar-refractivity contribution in [2.45, 2.75) is 24.6 Å². The molecule has 0 fully saturated rings. The number of hydrogen-bond donors (Lipinski definition) is 2. The van der Waals surface area contributed by atoms with Gasteiger partial charge in [-0.1, -0.05) is 41.9 Å². The molecule has 1 aliphatic carbocycles. The lowest BCUT2D eigenvalue weighted by molar-refractivity contribution is 0.102. The van der Waals surface area contributed by atoms with Crippen LogP contribution in [0, 0.1) is 11.6 Å². The first-order valence-electron chi connectivity index (χ1n) is 9.85. The van der Waals surface area contributed by atoms with Gasteiger partial charge in [-0.25, -0.2) is 21.9 Å². The Kier molecular flexibility index (Phi) is 6.28. The largest absolute Gasteiger partial charge is 0.322 e. The zero-order valence-electron chi connectivity index (χ0n) is 16.7. The fourth-order valence-electron chi connectivity index (χ4n) is 3.87. The first kappa shape index (κ1) is 22.4. The molecule has 0 spiro atoms. The Labute approximate surface area is 189 Å². The molecular weight excluding hydrogens is 458 g/mol. The third kappa shape index (κ3) is 4.82. The lowest BCUT2D eigenvalue weighted by atomic mass is 10.0. The van der Waals surface area contributed by atoms with Crippen molar-refractivity contribution in [2.24, 2.45) is 0 Å². The van der Waals surface area contributed by atoms with Crippen molar-refractivity contribution in [3.05, 3.63) is 99.6 Å². The van der Waals surface area contributed by atoms with Gasteiger partial charge >= 0.3 is 0 Å². The standard InChI is InChI=1S/C23H19ClF2N2O3S/c24-18-12-15(6-9-19(18)25)27-23(29)17-7-10-20(26)22-16(17)8-11-21(22)28-32(30,31)13-14-4-2-1-3-5-14/h1-7,9-10,12,21,28H,8,11,13H2,(H,27,29)/t21-/m0/s1. The highest BCUT2D eigenvalue weighted by Gasteiger charge is 2.32. The predicted octanol–water partition coefficient (Wildman–Crippen LogP) is 4.98. The second-order valence-electron chi connectivity index (χ2n) is 7.52. The molecule has 5 nitrogen and oxygen atoms in total. The van der Waals surface area contributed by atoms with E-state index in [1.165, 1.54) is 18.2 Å².